The van der Waals surface area contributed by atoms with Gasteiger partial charge in [0.25, 0.3) is 15.9 Å². The number of carbonyl (C=O) groups is 1. The second-order valence-electron chi connectivity index (χ2n) is 6.46. The van der Waals surface area contributed by atoms with Crippen LogP contribution in [0.3, 0.4) is 0 Å². The maximum absolute atomic E-state index is 12.6. The molecule has 0 saturated carbocycles. The molecule has 1 N–H and O–H groups in total. The quantitative estimate of drug-likeness (QED) is 0.893. The van der Waals surface area contributed by atoms with E-state index in [0.29, 0.717) is 24.3 Å². The number of morpholine rings is 1. The summed E-state index contributed by atoms with van der Waals surface area (Å²) in [5.74, 6) is -0.0792. The molecule has 1 saturated heterocycles. The lowest BCUT2D eigenvalue weighted by Gasteiger charge is -2.35. The maximum Gasteiger partial charge on any atom is 0.261 e. The first-order valence-electron chi connectivity index (χ1n) is 8.48. The van der Waals surface area contributed by atoms with E-state index in [2.05, 4.69) is 4.72 Å². The molecular formula is C19H22N2O4S. The van der Waals surface area contributed by atoms with Crippen molar-refractivity contribution in [2.75, 3.05) is 17.8 Å². The molecule has 2 aromatic carbocycles. The molecule has 2 aromatic rings. The zero-order chi connectivity index (χ0) is 18.7. The molecular weight excluding hydrogens is 352 g/mol. The second-order valence-corrected chi connectivity index (χ2v) is 8.15. The van der Waals surface area contributed by atoms with E-state index >= 15 is 0 Å². The summed E-state index contributed by atoms with van der Waals surface area (Å²) in [6.07, 6.45) is -0.000638. The zero-order valence-electron chi connectivity index (χ0n) is 14.8. The summed E-state index contributed by atoms with van der Waals surface area (Å²) in [7, 11) is -3.64. The van der Waals surface area contributed by atoms with Gasteiger partial charge in [0.2, 0.25) is 0 Å². The van der Waals surface area contributed by atoms with Crippen molar-refractivity contribution in [3.8, 4) is 0 Å². The minimum atomic E-state index is -3.64. The molecule has 1 aliphatic heterocycles. The molecule has 1 amide bonds. The fourth-order valence-corrected chi connectivity index (χ4v) is 4.10. The molecule has 6 nitrogen and oxygen atoms in total. The first kappa shape index (κ1) is 18.4. The highest BCUT2D eigenvalue weighted by molar-refractivity contribution is 7.92. The molecule has 0 radical (unpaired) electrons. The summed E-state index contributed by atoms with van der Waals surface area (Å²) in [5, 5.41) is 0. The van der Waals surface area contributed by atoms with Gasteiger partial charge in [0.15, 0.2) is 0 Å². The lowest BCUT2D eigenvalue weighted by Crippen LogP contribution is -2.48. The van der Waals surface area contributed by atoms with Gasteiger partial charge in [-0.1, -0.05) is 18.2 Å². The fourth-order valence-electron chi connectivity index (χ4n) is 3.02. The van der Waals surface area contributed by atoms with Crippen LogP contribution in [0, 0.1) is 0 Å². The largest absolute Gasteiger partial charge is 0.372 e. The number of ether oxygens (including phenoxy) is 1. The van der Waals surface area contributed by atoms with Gasteiger partial charge in [-0.15, -0.1) is 0 Å². The van der Waals surface area contributed by atoms with Crippen LogP contribution in [0.4, 0.5) is 5.69 Å². The standard InChI is InChI=1S/C19H22N2O4S/c1-14-12-21(13-15(2)25-14)19(22)16-8-10-17(11-9-16)20-26(23,24)18-6-4-3-5-7-18/h3-11,14-15,20H,12-13H2,1-2H3. The summed E-state index contributed by atoms with van der Waals surface area (Å²) in [4.78, 5) is 14.6. The Kier molecular flexibility index (Phi) is 5.29. The predicted molar refractivity (Wildman–Crippen MR) is 99.6 cm³/mol. The highest BCUT2D eigenvalue weighted by Gasteiger charge is 2.26. The van der Waals surface area contributed by atoms with Crippen molar-refractivity contribution in [1.82, 2.24) is 4.90 Å². The Hall–Kier alpha value is -2.38. The van der Waals surface area contributed by atoms with Crippen LogP contribution < -0.4 is 4.72 Å². The Morgan fingerprint density at radius 2 is 1.58 bits per heavy atom. The molecule has 0 aliphatic carbocycles. The normalized spacial score (nSPS) is 20.6. The van der Waals surface area contributed by atoms with Crippen molar-refractivity contribution in [2.45, 2.75) is 31.0 Å². The summed E-state index contributed by atoms with van der Waals surface area (Å²) >= 11 is 0. The topological polar surface area (TPSA) is 75.7 Å². The average Bonchev–Trinajstić information content (AvgIpc) is 2.61. The first-order valence-corrected chi connectivity index (χ1v) is 9.96. The van der Waals surface area contributed by atoms with Crippen molar-refractivity contribution < 1.29 is 17.9 Å². The van der Waals surface area contributed by atoms with Gasteiger partial charge in [-0.2, -0.15) is 0 Å². The molecule has 2 unspecified atom stereocenters. The van der Waals surface area contributed by atoms with Gasteiger partial charge < -0.3 is 9.64 Å². The highest BCUT2D eigenvalue weighted by atomic mass is 32.2. The van der Waals surface area contributed by atoms with Crippen LogP contribution in [-0.4, -0.2) is 44.5 Å². The molecule has 3 rings (SSSR count). The number of amides is 1. The van der Waals surface area contributed by atoms with E-state index in [1.54, 1.807) is 47.4 Å². The molecule has 0 bridgehead atoms. The molecule has 7 heteroatoms. The number of hydrogen-bond donors (Lipinski definition) is 1. The van der Waals surface area contributed by atoms with E-state index < -0.39 is 10.0 Å². The number of anilines is 1. The minimum Gasteiger partial charge on any atom is -0.372 e. The predicted octanol–water partition coefficient (Wildman–Crippen LogP) is 2.74. The van der Waals surface area contributed by atoms with Gasteiger partial charge in [-0.3, -0.25) is 9.52 Å². The van der Waals surface area contributed by atoms with Crippen LogP contribution in [0.5, 0.6) is 0 Å². The Balaban J connectivity index is 1.71. The SMILES string of the molecule is CC1CN(C(=O)c2ccc(NS(=O)(=O)c3ccccc3)cc2)CC(C)O1. The molecule has 26 heavy (non-hydrogen) atoms. The van der Waals surface area contributed by atoms with Gasteiger partial charge in [-0.05, 0) is 50.2 Å². The molecule has 0 aromatic heterocycles. The number of carbonyl (C=O) groups excluding carboxylic acids is 1. The van der Waals surface area contributed by atoms with E-state index in [9.17, 15) is 13.2 Å². The van der Waals surface area contributed by atoms with E-state index in [-0.39, 0.29) is 23.0 Å². The molecule has 1 aliphatic rings. The molecule has 138 valence electrons. The summed E-state index contributed by atoms with van der Waals surface area (Å²) in [6, 6.07) is 14.6. The lowest BCUT2D eigenvalue weighted by molar-refractivity contribution is -0.0586. The van der Waals surface area contributed by atoms with Gasteiger partial charge in [0.05, 0.1) is 17.1 Å². The van der Waals surface area contributed by atoms with Crippen LogP contribution in [-0.2, 0) is 14.8 Å². The third-order valence-corrected chi connectivity index (χ3v) is 5.54. The summed E-state index contributed by atoms with van der Waals surface area (Å²) in [6.45, 7) is 4.98. The Labute approximate surface area is 153 Å². The van der Waals surface area contributed by atoms with Crippen molar-refractivity contribution in [3.63, 3.8) is 0 Å². The van der Waals surface area contributed by atoms with Crippen LogP contribution >= 0.6 is 0 Å². The fraction of sp³-hybridized carbons (Fsp3) is 0.316. The minimum absolute atomic E-state index is 0.000319. The zero-order valence-corrected chi connectivity index (χ0v) is 15.6. The summed E-state index contributed by atoms with van der Waals surface area (Å²) in [5.41, 5.74) is 0.933. The van der Waals surface area contributed by atoms with E-state index in [1.165, 1.54) is 12.1 Å². The van der Waals surface area contributed by atoms with E-state index in [1.807, 2.05) is 13.8 Å². The van der Waals surface area contributed by atoms with E-state index in [0.717, 1.165) is 0 Å². The number of hydrogen-bond acceptors (Lipinski definition) is 4. The third-order valence-electron chi connectivity index (χ3n) is 4.14. The second kappa shape index (κ2) is 7.47. The average molecular weight is 374 g/mol. The number of benzene rings is 2. The Bertz CT molecular complexity index is 856. The van der Waals surface area contributed by atoms with Gasteiger partial charge in [0, 0.05) is 24.3 Å². The van der Waals surface area contributed by atoms with Gasteiger partial charge >= 0.3 is 0 Å². The van der Waals surface area contributed by atoms with Gasteiger partial charge in [0.1, 0.15) is 0 Å². The van der Waals surface area contributed by atoms with Crippen LogP contribution in [0.1, 0.15) is 24.2 Å². The molecule has 1 fully saturated rings. The van der Waals surface area contributed by atoms with Crippen LogP contribution in [0.25, 0.3) is 0 Å². The monoisotopic (exact) mass is 374 g/mol. The van der Waals surface area contributed by atoms with E-state index in [4.69, 9.17) is 4.74 Å². The number of nitrogens with one attached hydrogen (secondary N) is 1. The lowest BCUT2D eigenvalue weighted by atomic mass is 10.1. The Morgan fingerprint density at radius 1 is 1.00 bits per heavy atom. The molecule has 0 spiro atoms. The molecule has 1 heterocycles. The van der Waals surface area contributed by atoms with Crippen molar-refractivity contribution >= 4 is 21.6 Å². The van der Waals surface area contributed by atoms with Crippen LogP contribution in [0.15, 0.2) is 59.5 Å². The summed E-state index contributed by atoms with van der Waals surface area (Å²) < 4.78 is 32.8. The third kappa shape index (κ3) is 4.23. The van der Waals surface area contributed by atoms with Crippen molar-refractivity contribution in [1.29, 1.82) is 0 Å². The Morgan fingerprint density at radius 3 is 2.15 bits per heavy atom. The van der Waals surface area contributed by atoms with Gasteiger partial charge in [-0.25, -0.2) is 8.42 Å². The number of rotatable bonds is 4. The highest BCUT2D eigenvalue weighted by Crippen LogP contribution is 2.19. The number of sulfonamides is 1. The maximum atomic E-state index is 12.6. The smallest absolute Gasteiger partial charge is 0.261 e. The first-order chi connectivity index (χ1) is 12.3. The van der Waals surface area contributed by atoms with Crippen LogP contribution in [0.2, 0.25) is 0 Å². The molecule has 2 atom stereocenters. The van der Waals surface area contributed by atoms with Crippen molar-refractivity contribution in [3.05, 3.63) is 60.2 Å². The van der Waals surface area contributed by atoms with Crippen molar-refractivity contribution in [2.24, 2.45) is 0 Å². The number of nitrogens with zero attached hydrogens (tertiary/aromatic N) is 1.